The van der Waals surface area contributed by atoms with Crippen molar-refractivity contribution in [3.05, 3.63) is 24.0 Å². The Hall–Kier alpha value is -1.05. The van der Waals surface area contributed by atoms with E-state index in [1.807, 2.05) is 32.3 Å². The molecule has 18 heavy (non-hydrogen) atoms. The maximum Gasteiger partial charge on any atom is 0.166 e. The third kappa shape index (κ3) is 4.32. The van der Waals surface area contributed by atoms with Crippen LogP contribution in [0.4, 0.5) is 0 Å². The number of unbranched alkanes of at least 4 members (excludes halogenated alkanes) is 1. The van der Waals surface area contributed by atoms with Gasteiger partial charge in [-0.15, -0.1) is 0 Å². The lowest BCUT2D eigenvalue weighted by Gasteiger charge is -2.15. The molecule has 2 heteroatoms. The van der Waals surface area contributed by atoms with E-state index in [4.69, 9.17) is 0 Å². The van der Waals surface area contributed by atoms with E-state index in [0.717, 1.165) is 18.0 Å². The topological polar surface area (TPSA) is 22.0 Å². The third-order valence-corrected chi connectivity index (χ3v) is 3.57. The summed E-state index contributed by atoms with van der Waals surface area (Å²) < 4.78 is 2.18. The standard InChI is InChI=1S/C16H27NO/c1-5-7-8-14(6-2)11-17-10-9-15(12-17)16(18)13(3)4/h9-10,12-14H,5-8,11H2,1-4H3. The van der Waals surface area contributed by atoms with Crippen molar-refractivity contribution >= 4 is 5.78 Å². The SMILES string of the molecule is CCCCC(CC)Cn1ccc(C(=O)C(C)C)c1. The Kier molecular flexibility index (Phi) is 6.17. The van der Waals surface area contributed by atoms with Gasteiger partial charge in [0, 0.05) is 30.4 Å². The van der Waals surface area contributed by atoms with Crippen LogP contribution in [0.2, 0.25) is 0 Å². The fourth-order valence-electron chi connectivity index (χ4n) is 2.25. The van der Waals surface area contributed by atoms with Crippen molar-refractivity contribution in [3.63, 3.8) is 0 Å². The minimum absolute atomic E-state index is 0.0860. The molecule has 0 saturated heterocycles. The van der Waals surface area contributed by atoms with Gasteiger partial charge in [0.2, 0.25) is 0 Å². The van der Waals surface area contributed by atoms with E-state index in [-0.39, 0.29) is 11.7 Å². The number of ketones is 1. The van der Waals surface area contributed by atoms with Crippen molar-refractivity contribution in [2.75, 3.05) is 0 Å². The molecule has 1 aromatic heterocycles. The Morgan fingerprint density at radius 2 is 2.06 bits per heavy atom. The van der Waals surface area contributed by atoms with Crippen molar-refractivity contribution in [2.45, 2.75) is 59.9 Å². The number of carbonyl (C=O) groups is 1. The predicted octanol–water partition coefficient (Wildman–Crippen LogP) is 4.54. The minimum Gasteiger partial charge on any atom is -0.353 e. The highest BCUT2D eigenvalue weighted by atomic mass is 16.1. The molecule has 0 spiro atoms. The molecule has 1 heterocycles. The summed E-state index contributed by atoms with van der Waals surface area (Å²) in [5, 5.41) is 0. The Balaban J connectivity index is 2.59. The molecule has 0 amide bonds. The molecule has 0 fully saturated rings. The summed E-state index contributed by atoms with van der Waals surface area (Å²) >= 11 is 0. The fourth-order valence-corrected chi connectivity index (χ4v) is 2.25. The maximum absolute atomic E-state index is 11.9. The van der Waals surface area contributed by atoms with Crippen molar-refractivity contribution < 1.29 is 4.79 Å². The smallest absolute Gasteiger partial charge is 0.166 e. The van der Waals surface area contributed by atoms with E-state index >= 15 is 0 Å². The maximum atomic E-state index is 11.9. The molecule has 102 valence electrons. The molecule has 0 aliphatic rings. The summed E-state index contributed by atoms with van der Waals surface area (Å²) in [6.07, 6.45) is 9.13. The number of Topliss-reactive ketones (excluding diaryl/α,β-unsaturated/α-hetero) is 1. The molecular weight excluding hydrogens is 222 g/mol. The van der Waals surface area contributed by atoms with Crippen LogP contribution in [0.25, 0.3) is 0 Å². The fraction of sp³-hybridized carbons (Fsp3) is 0.688. The predicted molar refractivity (Wildman–Crippen MR) is 76.9 cm³/mol. The minimum atomic E-state index is 0.0860. The summed E-state index contributed by atoms with van der Waals surface area (Å²) in [6, 6.07) is 1.95. The molecule has 0 aliphatic heterocycles. The van der Waals surface area contributed by atoms with Crippen LogP contribution in [-0.2, 0) is 6.54 Å². The van der Waals surface area contributed by atoms with Crippen LogP contribution >= 0.6 is 0 Å². The zero-order chi connectivity index (χ0) is 13.5. The molecule has 0 saturated carbocycles. The zero-order valence-corrected chi connectivity index (χ0v) is 12.3. The van der Waals surface area contributed by atoms with Crippen molar-refractivity contribution in [3.8, 4) is 0 Å². The Morgan fingerprint density at radius 3 is 2.61 bits per heavy atom. The zero-order valence-electron chi connectivity index (χ0n) is 12.3. The molecule has 0 N–H and O–H groups in total. The quantitative estimate of drug-likeness (QED) is 0.620. The molecule has 1 aromatic rings. The number of hydrogen-bond acceptors (Lipinski definition) is 1. The molecule has 1 atom stereocenters. The second kappa shape index (κ2) is 7.40. The number of carbonyl (C=O) groups excluding carboxylic acids is 1. The average Bonchev–Trinajstić information content (AvgIpc) is 2.81. The van der Waals surface area contributed by atoms with Crippen LogP contribution < -0.4 is 0 Å². The summed E-state index contributed by atoms with van der Waals surface area (Å²) in [5.41, 5.74) is 0.857. The highest BCUT2D eigenvalue weighted by molar-refractivity contribution is 5.97. The second-order valence-corrected chi connectivity index (χ2v) is 5.53. The molecular formula is C16H27NO. The average molecular weight is 249 g/mol. The number of hydrogen-bond donors (Lipinski definition) is 0. The van der Waals surface area contributed by atoms with Crippen LogP contribution in [0, 0.1) is 11.8 Å². The summed E-state index contributed by atoms with van der Waals surface area (Å²) in [4.78, 5) is 11.9. The molecule has 1 rings (SSSR count). The Labute approximate surface area is 111 Å². The summed E-state index contributed by atoms with van der Waals surface area (Å²) in [7, 11) is 0. The molecule has 0 aliphatic carbocycles. The van der Waals surface area contributed by atoms with Crippen molar-refractivity contribution in [1.82, 2.24) is 4.57 Å². The number of rotatable bonds is 8. The number of aromatic nitrogens is 1. The summed E-state index contributed by atoms with van der Waals surface area (Å²) in [6.45, 7) is 9.44. The Bertz CT molecular complexity index is 365. The van der Waals surface area contributed by atoms with Crippen molar-refractivity contribution in [2.24, 2.45) is 11.8 Å². The largest absolute Gasteiger partial charge is 0.353 e. The Morgan fingerprint density at radius 1 is 1.33 bits per heavy atom. The first-order valence-electron chi connectivity index (χ1n) is 7.28. The first-order valence-corrected chi connectivity index (χ1v) is 7.28. The lowest BCUT2D eigenvalue weighted by Crippen LogP contribution is -2.09. The normalized spacial score (nSPS) is 12.9. The lowest BCUT2D eigenvalue weighted by molar-refractivity contribution is 0.0939. The molecule has 0 aromatic carbocycles. The van der Waals surface area contributed by atoms with Gasteiger partial charge in [0.05, 0.1) is 0 Å². The van der Waals surface area contributed by atoms with Gasteiger partial charge >= 0.3 is 0 Å². The van der Waals surface area contributed by atoms with E-state index in [2.05, 4.69) is 18.4 Å². The van der Waals surface area contributed by atoms with E-state index in [1.165, 1.54) is 25.7 Å². The van der Waals surface area contributed by atoms with Gasteiger partial charge in [-0.3, -0.25) is 4.79 Å². The van der Waals surface area contributed by atoms with Gasteiger partial charge in [0.1, 0.15) is 0 Å². The lowest BCUT2D eigenvalue weighted by atomic mass is 9.99. The van der Waals surface area contributed by atoms with Gasteiger partial charge in [-0.2, -0.15) is 0 Å². The van der Waals surface area contributed by atoms with Crippen molar-refractivity contribution in [1.29, 1.82) is 0 Å². The third-order valence-electron chi connectivity index (χ3n) is 3.57. The molecule has 0 radical (unpaired) electrons. The van der Waals surface area contributed by atoms with Crippen LogP contribution in [0.1, 0.15) is 63.7 Å². The monoisotopic (exact) mass is 249 g/mol. The van der Waals surface area contributed by atoms with E-state index < -0.39 is 0 Å². The van der Waals surface area contributed by atoms with E-state index in [9.17, 15) is 4.79 Å². The van der Waals surface area contributed by atoms with Gasteiger partial charge < -0.3 is 4.57 Å². The van der Waals surface area contributed by atoms with Gasteiger partial charge in [0.25, 0.3) is 0 Å². The van der Waals surface area contributed by atoms with Gasteiger partial charge in [-0.25, -0.2) is 0 Å². The van der Waals surface area contributed by atoms with E-state index in [0.29, 0.717) is 0 Å². The highest BCUT2D eigenvalue weighted by Crippen LogP contribution is 2.17. The summed E-state index contributed by atoms with van der Waals surface area (Å²) in [5.74, 6) is 1.07. The van der Waals surface area contributed by atoms with Crippen LogP contribution in [0.15, 0.2) is 18.5 Å². The molecule has 2 nitrogen and oxygen atoms in total. The number of nitrogens with zero attached hydrogens (tertiary/aromatic N) is 1. The van der Waals surface area contributed by atoms with E-state index in [1.54, 1.807) is 0 Å². The first kappa shape index (κ1) is 15.0. The van der Waals surface area contributed by atoms with Crippen LogP contribution in [0.5, 0.6) is 0 Å². The second-order valence-electron chi connectivity index (χ2n) is 5.53. The highest BCUT2D eigenvalue weighted by Gasteiger charge is 2.13. The van der Waals surface area contributed by atoms with Gasteiger partial charge in [0.15, 0.2) is 5.78 Å². The van der Waals surface area contributed by atoms with Crippen LogP contribution in [0.3, 0.4) is 0 Å². The molecule has 0 bridgehead atoms. The molecule has 1 unspecified atom stereocenters. The van der Waals surface area contributed by atoms with Crippen LogP contribution in [-0.4, -0.2) is 10.4 Å². The van der Waals surface area contributed by atoms with Gasteiger partial charge in [-0.1, -0.05) is 47.0 Å². The van der Waals surface area contributed by atoms with Gasteiger partial charge in [-0.05, 0) is 18.4 Å². The first-order chi connectivity index (χ1) is 8.58.